The second-order valence-electron chi connectivity index (χ2n) is 5.92. The molecule has 2 rings (SSSR count). The number of hydrogen-bond donors (Lipinski definition) is 1. The van der Waals surface area contributed by atoms with E-state index < -0.39 is 0 Å². The highest BCUT2D eigenvalue weighted by Gasteiger charge is 2.33. The summed E-state index contributed by atoms with van der Waals surface area (Å²) in [5.41, 5.74) is -0.282. The minimum Gasteiger partial charge on any atom is -0.377 e. The zero-order chi connectivity index (χ0) is 12.8. The van der Waals surface area contributed by atoms with Gasteiger partial charge in [0.25, 0.3) is 0 Å². The highest BCUT2D eigenvalue weighted by atomic mass is 16.5. The van der Waals surface area contributed by atoms with Gasteiger partial charge in [0, 0.05) is 13.2 Å². The molecule has 2 aliphatic rings. The lowest BCUT2D eigenvalue weighted by Crippen LogP contribution is -2.46. The molecule has 0 aromatic carbocycles. The Labute approximate surface area is 111 Å². The van der Waals surface area contributed by atoms with Crippen molar-refractivity contribution >= 4 is 0 Å². The van der Waals surface area contributed by atoms with Crippen LogP contribution in [0.1, 0.15) is 58.3 Å². The zero-order valence-electron chi connectivity index (χ0n) is 11.6. The quantitative estimate of drug-likeness (QED) is 0.780. The van der Waals surface area contributed by atoms with E-state index in [0.717, 1.165) is 38.3 Å². The van der Waals surface area contributed by atoms with Crippen molar-refractivity contribution < 1.29 is 4.74 Å². The van der Waals surface area contributed by atoms with Crippen LogP contribution in [0, 0.1) is 17.2 Å². The molecule has 3 unspecified atom stereocenters. The van der Waals surface area contributed by atoms with E-state index in [0.29, 0.717) is 6.10 Å². The SMILES string of the molecule is CCC1CCCC(C#N)(NCC2CCCO2)CC1. The normalized spacial score (nSPS) is 37.1. The molecule has 2 fully saturated rings. The number of nitriles is 1. The standard InChI is InChI=1S/C15H26N2O/c1-2-13-5-3-8-15(12-16,9-7-13)17-11-14-6-4-10-18-14/h13-14,17H,2-11H2,1H3. The summed E-state index contributed by atoms with van der Waals surface area (Å²) in [5.74, 6) is 0.824. The van der Waals surface area contributed by atoms with Crippen LogP contribution in [0.4, 0.5) is 0 Å². The summed E-state index contributed by atoms with van der Waals surface area (Å²) in [7, 11) is 0. The Balaban J connectivity index is 1.86. The molecule has 1 saturated carbocycles. The Morgan fingerprint density at radius 2 is 2.17 bits per heavy atom. The molecule has 18 heavy (non-hydrogen) atoms. The minimum atomic E-state index is -0.282. The Morgan fingerprint density at radius 3 is 2.83 bits per heavy atom. The van der Waals surface area contributed by atoms with Crippen molar-refractivity contribution in [2.24, 2.45) is 5.92 Å². The molecular weight excluding hydrogens is 224 g/mol. The number of hydrogen-bond acceptors (Lipinski definition) is 3. The number of ether oxygens (including phenoxy) is 1. The Kier molecular flexibility index (Phi) is 5.03. The van der Waals surface area contributed by atoms with Gasteiger partial charge in [-0.05, 0) is 38.0 Å². The Bertz CT molecular complexity index is 293. The number of rotatable bonds is 4. The molecule has 0 radical (unpaired) electrons. The van der Waals surface area contributed by atoms with Crippen molar-refractivity contribution in [2.45, 2.75) is 69.9 Å². The molecule has 1 aliphatic heterocycles. The van der Waals surface area contributed by atoms with E-state index in [1.54, 1.807) is 0 Å². The molecule has 3 nitrogen and oxygen atoms in total. The fourth-order valence-corrected chi connectivity index (χ4v) is 3.26. The molecule has 0 aromatic rings. The van der Waals surface area contributed by atoms with Gasteiger partial charge in [-0.1, -0.05) is 26.2 Å². The summed E-state index contributed by atoms with van der Waals surface area (Å²) in [6.07, 6.45) is 9.60. The Hall–Kier alpha value is -0.590. The van der Waals surface area contributed by atoms with Gasteiger partial charge in [0.1, 0.15) is 5.54 Å². The first-order chi connectivity index (χ1) is 8.78. The fourth-order valence-electron chi connectivity index (χ4n) is 3.26. The van der Waals surface area contributed by atoms with E-state index >= 15 is 0 Å². The predicted octanol–water partition coefficient (Wildman–Crippen LogP) is 3.01. The lowest BCUT2D eigenvalue weighted by atomic mass is 9.90. The van der Waals surface area contributed by atoms with E-state index in [1.807, 2.05) is 0 Å². The van der Waals surface area contributed by atoms with Gasteiger partial charge in [0.05, 0.1) is 12.2 Å². The summed E-state index contributed by atoms with van der Waals surface area (Å²) < 4.78 is 5.64. The summed E-state index contributed by atoms with van der Waals surface area (Å²) in [4.78, 5) is 0. The first-order valence-corrected chi connectivity index (χ1v) is 7.56. The van der Waals surface area contributed by atoms with Crippen LogP contribution in [0.3, 0.4) is 0 Å². The van der Waals surface area contributed by atoms with Crippen molar-refractivity contribution in [1.29, 1.82) is 5.26 Å². The van der Waals surface area contributed by atoms with Crippen molar-refractivity contribution in [2.75, 3.05) is 13.2 Å². The molecule has 0 spiro atoms. The molecule has 0 amide bonds. The molecule has 0 aromatic heterocycles. The highest BCUT2D eigenvalue weighted by Crippen LogP contribution is 2.31. The van der Waals surface area contributed by atoms with Crippen LogP contribution in [0.5, 0.6) is 0 Å². The van der Waals surface area contributed by atoms with Crippen molar-refractivity contribution in [3.05, 3.63) is 0 Å². The maximum absolute atomic E-state index is 9.55. The second-order valence-corrected chi connectivity index (χ2v) is 5.92. The van der Waals surface area contributed by atoms with Gasteiger partial charge in [0.15, 0.2) is 0 Å². The second kappa shape index (κ2) is 6.54. The molecule has 0 bridgehead atoms. The number of nitrogens with zero attached hydrogens (tertiary/aromatic N) is 1. The smallest absolute Gasteiger partial charge is 0.106 e. The monoisotopic (exact) mass is 250 g/mol. The molecule has 3 heteroatoms. The predicted molar refractivity (Wildman–Crippen MR) is 72.2 cm³/mol. The van der Waals surface area contributed by atoms with Gasteiger partial charge < -0.3 is 4.74 Å². The van der Waals surface area contributed by atoms with Gasteiger partial charge in [-0.2, -0.15) is 5.26 Å². The van der Waals surface area contributed by atoms with Crippen LogP contribution in [0.15, 0.2) is 0 Å². The van der Waals surface area contributed by atoms with E-state index in [9.17, 15) is 5.26 Å². The van der Waals surface area contributed by atoms with Gasteiger partial charge >= 0.3 is 0 Å². The molecule has 1 heterocycles. The first kappa shape index (κ1) is 13.8. The van der Waals surface area contributed by atoms with Gasteiger partial charge in [-0.3, -0.25) is 5.32 Å². The van der Waals surface area contributed by atoms with Gasteiger partial charge in [-0.25, -0.2) is 0 Å². The van der Waals surface area contributed by atoms with E-state index in [-0.39, 0.29) is 5.54 Å². The first-order valence-electron chi connectivity index (χ1n) is 7.56. The number of nitrogens with one attached hydrogen (secondary N) is 1. The summed E-state index contributed by atoms with van der Waals surface area (Å²) >= 11 is 0. The third kappa shape index (κ3) is 3.46. The third-order valence-corrected chi connectivity index (χ3v) is 4.68. The van der Waals surface area contributed by atoms with Crippen LogP contribution in [-0.4, -0.2) is 24.8 Å². The molecule has 3 atom stereocenters. The van der Waals surface area contributed by atoms with Gasteiger partial charge in [-0.15, -0.1) is 0 Å². The Morgan fingerprint density at radius 1 is 1.28 bits per heavy atom. The minimum absolute atomic E-state index is 0.282. The molecular formula is C15H26N2O. The van der Waals surface area contributed by atoms with Gasteiger partial charge in [0.2, 0.25) is 0 Å². The fraction of sp³-hybridized carbons (Fsp3) is 0.933. The van der Waals surface area contributed by atoms with E-state index in [4.69, 9.17) is 4.74 Å². The lowest BCUT2D eigenvalue weighted by molar-refractivity contribution is 0.103. The van der Waals surface area contributed by atoms with Crippen LogP contribution in [-0.2, 0) is 4.74 Å². The van der Waals surface area contributed by atoms with Crippen LogP contribution in [0.25, 0.3) is 0 Å². The molecule has 1 aliphatic carbocycles. The lowest BCUT2D eigenvalue weighted by Gasteiger charge is -2.28. The van der Waals surface area contributed by atoms with Crippen LogP contribution < -0.4 is 5.32 Å². The molecule has 1 N–H and O–H groups in total. The van der Waals surface area contributed by atoms with Crippen molar-refractivity contribution in [3.63, 3.8) is 0 Å². The van der Waals surface area contributed by atoms with Crippen LogP contribution in [0.2, 0.25) is 0 Å². The molecule has 102 valence electrons. The average Bonchev–Trinajstić information content (AvgIpc) is 2.83. The third-order valence-electron chi connectivity index (χ3n) is 4.68. The highest BCUT2D eigenvalue weighted by molar-refractivity contribution is 5.08. The maximum atomic E-state index is 9.55. The molecule has 1 saturated heterocycles. The van der Waals surface area contributed by atoms with Crippen molar-refractivity contribution in [1.82, 2.24) is 5.32 Å². The summed E-state index contributed by atoms with van der Waals surface area (Å²) in [6, 6.07) is 2.56. The van der Waals surface area contributed by atoms with E-state index in [2.05, 4.69) is 18.3 Å². The average molecular weight is 250 g/mol. The largest absolute Gasteiger partial charge is 0.377 e. The zero-order valence-corrected chi connectivity index (χ0v) is 11.6. The summed E-state index contributed by atoms with van der Waals surface area (Å²) in [5, 5.41) is 13.1. The summed E-state index contributed by atoms with van der Waals surface area (Å²) in [6.45, 7) is 4.01. The van der Waals surface area contributed by atoms with Crippen LogP contribution >= 0.6 is 0 Å². The van der Waals surface area contributed by atoms with Crippen molar-refractivity contribution in [3.8, 4) is 6.07 Å². The maximum Gasteiger partial charge on any atom is 0.106 e. The topological polar surface area (TPSA) is 45.0 Å². The van der Waals surface area contributed by atoms with E-state index in [1.165, 1.54) is 32.1 Å².